The second-order valence-electron chi connectivity index (χ2n) is 4.35. The number of alkyl halides is 2. The third-order valence-corrected chi connectivity index (χ3v) is 2.71. The molecule has 19 heavy (non-hydrogen) atoms. The van der Waals surface area contributed by atoms with E-state index in [9.17, 15) is 18.4 Å². The largest absolute Gasteiger partial charge is 0.456 e. The minimum atomic E-state index is -3.42. The fraction of sp³-hybridized carbons (Fsp3) is 0.818. The molecule has 2 unspecified atom stereocenters. The molecule has 0 aromatic heterocycles. The number of rotatable bonds is 7. The Morgan fingerprint density at radius 1 is 1.63 bits per heavy atom. The highest BCUT2D eigenvalue weighted by molar-refractivity contribution is 5.81. The Labute approximate surface area is 109 Å². The van der Waals surface area contributed by atoms with Gasteiger partial charge < -0.3 is 20.1 Å². The van der Waals surface area contributed by atoms with E-state index in [0.29, 0.717) is 13.2 Å². The molecule has 1 saturated heterocycles. The Bertz CT molecular complexity index is 339. The van der Waals surface area contributed by atoms with Crippen molar-refractivity contribution in [2.75, 3.05) is 26.8 Å². The van der Waals surface area contributed by atoms with Crippen LogP contribution in [0.1, 0.15) is 13.3 Å². The molecule has 2 atom stereocenters. The van der Waals surface area contributed by atoms with Crippen molar-refractivity contribution in [2.24, 2.45) is 0 Å². The Kier molecular flexibility index (Phi) is 5.61. The van der Waals surface area contributed by atoms with Crippen LogP contribution < -0.4 is 10.6 Å². The van der Waals surface area contributed by atoms with E-state index in [1.54, 1.807) is 6.92 Å². The second-order valence-corrected chi connectivity index (χ2v) is 4.35. The topological polar surface area (TPSA) is 76.7 Å². The van der Waals surface area contributed by atoms with Gasteiger partial charge in [0.15, 0.2) is 0 Å². The molecular weight excluding hydrogens is 262 g/mol. The van der Waals surface area contributed by atoms with Crippen molar-refractivity contribution < 1.29 is 27.8 Å². The number of hydrogen-bond donors (Lipinski definition) is 2. The predicted molar refractivity (Wildman–Crippen MR) is 61.8 cm³/mol. The number of carbonyl (C=O) groups excluding carboxylic acids is 2. The molecule has 0 aromatic carbocycles. The predicted octanol–water partition coefficient (Wildman–Crippen LogP) is -0.322. The second kappa shape index (κ2) is 6.76. The van der Waals surface area contributed by atoms with E-state index in [1.165, 1.54) is 7.11 Å². The highest BCUT2D eigenvalue weighted by atomic mass is 19.3. The lowest BCUT2D eigenvalue weighted by molar-refractivity contribution is -0.159. The molecule has 1 rings (SSSR count). The van der Waals surface area contributed by atoms with Crippen molar-refractivity contribution >= 4 is 11.9 Å². The number of carbonyl (C=O) groups is 2. The van der Waals surface area contributed by atoms with Crippen LogP contribution in [0, 0.1) is 0 Å². The molecule has 0 radical (unpaired) electrons. The molecule has 1 heterocycles. The summed E-state index contributed by atoms with van der Waals surface area (Å²) in [5.41, 5.74) is 0. The summed E-state index contributed by atoms with van der Waals surface area (Å²) in [7, 11) is 1.52. The van der Waals surface area contributed by atoms with E-state index < -0.39 is 30.5 Å². The molecule has 110 valence electrons. The fourth-order valence-electron chi connectivity index (χ4n) is 1.59. The van der Waals surface area contributed by atoms with Gasteiger partial charge in [-0.1, -0.05) is 0 Å². The summed E-state index contributed by atoms with van der Waals surface area (Å²) in [5.74, 6) is -5.19. The first kappa shape index (κ1) is 15.8. The van der Waals surface area contributed by atoms with Crippen molar-refractivity contribution in [3.05, 3.63) is 0 Å². The van der Waals surface area contributed by atoms with Gasteiger partial charge in [0.25, 0.3) is 0 Å². The van der Waals surface area contributed by atoms with Crippen LogP contribution in [0.25, 0.3) is 0 Å². The third-order valence-electron chi connectivity index (χ3n) is 2.71. The van der Waals surface area contributed by atoms with Gasteiger partial charge in [-0.15, -0.1) is 0 Å². The van der Waals surface area contributed by atoms with Crippen LogP contribution in [-0.2, 0) is 19.1 Å². The summed E-state index contributed by atoms with van der Waals surface area (Å²) >= 11 is 0. The van der Waals surface area contributed by atoms with Gasteiger partial charge in [0.05, 0.1) is 19.1 Å². The third kappa shape index (κ3) is 4.71. The van der Waals surface area contributed by atoms with Crippen molar-refractivity contribution in [3.63, 3.8) is 0 Å². The zero-order valence-electron chi connectivity index (χ0n) is 10.9. The molecular formula is C11H18F2N2O4. The zero-order chi connectivity index (χ0) is 14.5. The fourth-order valence-corrected chi connectivity index (χ4v) is 1.59. The molecule has 1 aliphatic rings. The molecule has 0 aliphatic carbocycles. The Balaban J connectivity index is 2.25. The van der Waals surface area contributed by atoms with Crippen LogP contribution >= 0.6 is 0 Å². The molecule has 6 nitrogen and oxygen atoms in total. The lowest BCUT2D eigenvalue weighted by Gasteiger charge is -2.16. The normalized spacial score (nSPS) is 22.9. The molecule has 0 saturated carbocycles. The Morgan fingerprint density at radius 2 is 2.32 bits per heavy atom. The highest BCUT2D eigenvalue weighted by Gasteiger charge is 2.50. The smallest absolute Gasteiger partial charge is 0.377 e. The first-order valence-electron chi connectivity index (χ1n) is 5.95. The maximum atomic E-state index is 12.9. The number of ether oxygens (including phenoxy) is 2. The van der Waals surface area contributed by atoms with Gasteiger partial charge >= 0.3 is 11.9 Å². The Morgan fingerprint density at radius 3 is 2.84 bits per heavy atom. The molecule has 8 heteroatoms. The first-order chi connectivity index (χ1) is 8.86. The van der Waals surface area contributed by atoms with Gasteiger partial charge in [-0.3, -0.25) is 4.79 Å². The van der Waals surface area contributed by atoms with E-state index in [0.717, 1.165) is 0 Å². The summed E-state index contributed by atoms with van der Waals surface area (Å²) in [6.07, 6.45) is -1.56. The minimum absolute atomic E-state index is 0.0141. The average Bonchev–Trinajstić information content (AvgIpc) is 2.60. The number of halogens is 2. The van der Waals surface area contributed by atoms with Crippen LogP contribution in [0.2, 0.25) is 0 Å². The summed E-state index contributed by atoms with van der Waals surface area (Å²) in [6, 6.07) is -0.565. The Hall–Kier alpha value is -1.28. The van der Waals surface area contributed by atoms with Crippen LogP contribution in [0.15, 0.2) is 0 Å². The van der Waals surface area contributed by atoms with Gasteiger partial charge in [0.2, 0.25) is 5.91 Å². The van der Waals surface area contributed by atoms with Gasteiger partial charge in [-0.25, -0.2) is 4.79 Å². The summed E-state index contributed by atoms with van der Waals surface area (Å²) in [6.45, 7) is 2.38. The van der Waals surface area contributed by atoms with Gasteiger partial charge in [-0.2, -0.15) is 8.78 Å². The maximum absolute atomic E-state index is 12.9. The van der Waals surface area contributed by atoms with Gasteiger partial charge in [0.1, 0.15) is 6.10 Å². The number of amides is 1. The van der Waals surface area contributed by atoms with Gasteiger partial charge in [-0.05, 0) is 6.92 Å². The van der Waals surface area contributed by atoms with Crippen molar-refractivity contribution in [2.45, 2.75) is 31.4 Å². The molecule has 0 aromatic rings. The van der Waals surface area contributed by atoms with Crippen LogP contribution in [0.4, 0.5) is 8.78 Å². The van der Waals surface area contributed by atoms with Gasteiger partial charge in [0, 0.05) is 20.2 Å². The quantitative estimate of drug-likeness (QED) is 0.493. The van der Waals surface area contributed by atoms with E-state index in [-0.39, 0.29) is 12.5 Å². The standard InChI is InChI=1S/C11H18F2N2O4/c1-7(9(16)14-3-4-18-2)15-6-8-5-11(12,13)10(17)19-8/h7-8,15H,3-6H2,1-2H3,(H,14,16). The minimum Gasteiger partial charge on any atom is -0.456 e. The number of hydrogen-bond acceptors (Lipinski definition) is 5. The molecule has 1 fully saturated rings. The average molecular weight is 280 g/mol. The molecule has 2 N–H and O–H groups in total. The maximum Gasteiger partial charge on any atom is 0.377 e. The molecule has 0 spiro atoms. The van der Waals surface area contributed by atoms with Crippen molar-refractivity contribution in [1.82, 2.24) is 10.6 Å². The summed E-state index contributed by atoms with van der Waals surface area (Å²) in [5, 5.41) is 5.35. The van der Waals surface area contributed by atoms with Crippen molar-refractivity contribution in [1.29, 1.82) is 0 Å². The highest BCUT2D eigenvalue weighted by Crippen LogP contribution is 2.30. The van der Waals surface area contributed by atoms with E-state index >= 15 is 0 Å². The van der Waals surface area contributed by atoms with Crippen LogP contribution in [0.3, 0.4) is 0 Å². The lowest BCUT2D eigenvalue weighted by atomic mass is 10.2. The SMILES string of the molecule is COCCNC(=O)C(C)NCC1CC(F)(F)C(=O)O1. The molecule has 1 aliphatic heterocycles. The number of esters is 1. The number of methoxy groups -OCH3 is 1. The van der Waals surface area contributed by atoms with E-state index in [2.05, 4.69) is 15.4 Å². The monoisotopic (exact) mass is 280 g/mol. The van der Waals surface area contributed by atoms with Crippen LogP contribution in [-0.4, -0.2) is 56.8 Å². The summed E-state index contributed by atoms with van der Waals surface area (Å²) in [4.78, 5) is 22.3. The first-order valence-corrected chi connectivity index (χ1v) is 5.95. The number of nitrogens with one attached hydrogen (secondary N) is 2. The summed E-state index contributed by atoms with van der Waals surface area (Å²) < 4.78 is 35.0. The zero-order valence-corrected chi connectivity index (χ0v) is 10.9. The lowest BCUT2D eigenvalue weighted by Crippen LogP contribution is -2.45. The van der Waals surface area contributed by atoms with Crippen LogP contribution in [0.5, 0.6) is 0 Å². The van der Waals surface area contributed by atoms with E-state index in [4.69, 9.17) is 4.74 Å². The van der Waals surface area contributed by atoms with Crippen molar-refractivity contribution in [3.8, 4) is 0 Å². The molecule has 1 amide bonds. The van der Waals surface area contributed by atoms with E-state index in [1.807, 2.05) is 0 Å². The number of cyclic esters (lactones) is 1. The molecule has 0 bridgehead atoms.